The van der Waals surface area contributed by atoms with Crippen LogP contribution in [0.4, 0.5) is 0 Å². The van der Waals surface area contributed by atoms with Crippen LogP contribution in [0.15, 0.2) is 23.0 Å². The number of hydrogen-bond acceptors (Lipinski definition) is 2. The molecule has 2 rings (SSSR count). The summed E-state index contributed by atoms with van der Waals surface area (Å²) >= 11 is 0. The van der Waals surface area contributed by atoms with Gasteiger partial charge in [-0.2, -0.15) is 0 Å². The molecule has 0 fully saturated rings. The van der Waals surface area contributed by atoms with E-state index in [2.05, 4.69) is 41.3 Å². The van der Waals surface area contributed by atoms with E-state index in [1.54, 1.807) is 0 Å². The van der Waals surface area contributed by atoms with E-state index in [-0.39, 0.29) is 5.69 Å². The van der Waals surface area contributed by atoms with Gasteiger partial charge < -0.3 is 15.3 Å². The Morgan fingerprint density at radius 1 is 1.05 bits per heavy atom. The van der Waals surface area contributed by atoms with Crippen LogP contribution in [0, 0.1) is 0 Å². The van der Waals surface area contributed by atoms with Crippen LogP contribution in [0.1, 0.15) is 64.0 Å². The van der Waals surface area contributed by atoms with Crippen molar-refractivity contribution in [1.82, 2.24) is 15.3 Å². The van der Waals surface area contributed by atoms with Crippen LogP contribution < -0.4 is 11.0 Å². The van der Waals surface area contributed by atoms with Gasteiger partial charge in [0.25, 0.3) is 0 Å². The molecule has 2 aromatic rings. The van der Waals surface area contributed by atoms with E-state index in [1.165, 1.54) is 31.2 Å². The van der Waals surface area contributed by atoms with Crippen molar-refractivity contribution in [3.05, 3.63) is 34.2 Å². The van der Waals surface area contributed by atoms with E-state index in [9.17, 15) is 4.79 Å². The first-order valence-corrected chi connectivity index (χ1v) is 8.20. The second kappa shape index (κ2) is 8.03. The first-order valence-electron chi connectivity index (χ1n) is 8.20. The van der Waals surface area contributed by atoms with Crippen molar-refractivity contribution >= 4 is 11.0 Å². The fraction of sp³-hybridized carbons (Fsp3) is 0.588. The predicted octanol–water partition coefficient (Wildman–Crippen LogP) is 3.87. The van der Waals surface area contributed by atoms with Crippen LogP contribution in [0.5, 0.6) is 0 Å². The summed E-state index contributed by atoms with van der Waals surface area (Å²) < 4.78 is 0. The van der Waals surface area contributed by atoms with Crippen molar-refractivity contribution in [3.8, 4) is 0 Å². The van der Waals surface area contributed by atoms with E-state index < -0.39 is 0 Å². The van der Waals surface area contributed by atoms with Gasteiger partial charge in [-0.15, -0.1) is 0 Å². The second-order valence-electron chi connectivity index (χ2n) is 5.74. The van der Waals surface area contributed by atoms with Crippen LogP contribution in [0.3, 0.4) is 0 Å². The van der Waals surface area contributed by atoms with Gasteiger partial charge in [-0.3, -0.25) is 0 Å². The molecule has 4 heteroatoms. The summed E-state index contributed by atoms with van der Waals surface area (Å²) in [4.78, 5) is 17.0. The number of nitrogens with one attached hydrogen (secondary N) is 3. The maximum atomic E-state index is 11.4. The Bertz CT molecular complexity index is 599. The van der Waals surface area contributed by atoms with Crippen LogP contribution >= 0.6 is 0 Å². The second-order valence-corrected chi connectivity index (χ2v) is 5.74. The number of aromatic amines is 2. The van der Waals surface area contributed by atoms with Gasteiger partial charge in [0, 0.05) is 6.04 Å². The molecule has 3 N–H and O–H groups in total. The zero-order valence-corrected chi connectivity index (χ0v) is 13.2. The number of H-pyrrole nitrogens is 2. The van der Waals surface area contributed by atoms with Gasteiger partial charge in [-0.25, -0.2) is 4.79 Å². The van der Waals surface area contributed by atoms with Gasteiger partial charge in [0.15, 0.2) is 0 Å². The van der Waals surface area contributed by atoms with E-state index in [1.807, 2.05) is 6.07 Å². The predicted molar refractivity (Wildman–Crippen MR) is 88.7 cm³/mol. The summed E-state index contributed by atoms with van der Waals surface area (Å²) in [5.74, 6) is 0. The van der Waals surface area contributed by atoms with Crippen LogP contribution in [0.25, 0.3) is 11.0 Å². The summed E-state index contributed by atoms with van der Waals surface area (Å²) in [6, 6.07) is 6.60. The fourth-order valence-corrected chi connectivity index (χ4v) is 2.75. The third-order valence-corrected chi connectivity index (χ3v) is 3.93. The highest BCUT2D eigenvalue weighted by Gasteiger charge is 2.11. The molecule has 0 aliphatic rings. The summed E-state index contributed by atoms with van der Waals surface area (Å²) in [5, 5.41) is 3.63. The topological polar surface area (TPSA) is 60.7 Å². The first kappa shape index (κ1) is 15.8. The Labute approximate surface area is 126 Å². The largest absolute Gasteiger partial charge is 0.323 e. The zero-order valence-electron chi connectivity index (χ0n) is 13.2. The minimum atomic E-state index is -0.136. The minimum Gasteiger partial charge on any atom is -0.310 e. The average Bonchev–Trinajstić information content (AvgIpc) is 2.85. The molecule has 4 nitrogen and oxygen atoms in total. The Balaban J connectivity index is 2.10. The Morgan fingerprint density at radius 2 is 1.86 bits per heavy atom. The maximum absolute atomic E-state index is 11.4. The third-order valence-electron chi connectivity index (χ3n) is 3.93. The van der Waals surface area contributed by atoms with Crippen molar-refractivity contribution in [1.29, 1.82) is 0 Å². The molecule has 0 radical (unpaired) electrons. The van der Waals surface area contributed by atoms with Gasteiger partial charge >= 0.3 is 5.69 Å². The molecule has 0 spiro atoms. The van der Waals surface area contributed by atoms with Crippen molar-refractivity contribution < 1.29 is 0 Å². The third kappa shape index (κ3) is 4.46. The van der Waals surface area contributed by atoms with Crippen molar-refractivity contribution in [2.45, 2.75) is 58.4 Å². The van der Waals surface area contributed by atoms with E-state index in [4.69, 9.17) is 0 Å². The number of unbranched alkanes of at least 4 members (excludes halogenated alkanes) is 3. The Hall–Kier alpha value is -1.55. The molecule has 1 aromatic carbocycles. The molecule has 0 amide bonds. The quantitative estimate of drug-likeness (QED) is 0.614. The molecule has 0 aliphatic heterocycles. The van der Waals surface area contributed by atoms with Gasteiger partial charge in [-0.1, -0.05) is 45.6 Å². The molecule has 0 bridgehead atoms. The fourth-order valence-electron chi connectivity index (χ4n) is 2.75. The summed E-state index contributed by atoms with van der Waals surface area (Å²) in [7, 11) is 0. The smallest absolute Gasteiger partial charge is 0.310 e. The lowest BCUT2D eigenvalue weighted by Gasteiger charge is -2.19. The monoisotopic (exact) mass is 289 g/mol. The van der Waals surface area contributed by atoms with Gasteiger partial charge in [0.05, 0.1) is 11.0 Å². The van der Waals surface area contributed by atoms with Crippen LogP contribution in [-0.4, -0.2) is 16.5 Å². The van der Waals surface area contributed by atoms with E-state index >= 15 is 0 Å². The molecule has 0 saturated carbocycles. The highest BCUT2D eigenvalue weighted by Crippen LogP contribution is 2.22. The molecule has 1 unspecified atom stereocenters. The number of aromatic nitrogens is 2. The summed E-state index contributed by atoms with van der Waals surface area (Å²) in [5.41, 5.74) is 2.91. The first-order chi connectivity index (χ1) is 10.2. The van der Waals surface area contributed by atoms with Gasteiger partial charge in [0.2, 0.25) is 0 Å². The van der Waals surface area contributed by atoms with Crippen LogP contribution in [0.2, 0.25) is 0 Å². The molecule has 1 aromatic heterocycles. The van der Waals surface area contributed by atoms with E-state index in [0.29, 0.717) is 6.04 Å². The maximum Gasteiger partial charge on any atom is 0.323 e. The molecule has 1 heterocycles. The SMILES string of the molecule is CCCCCCC(NCCC)c1ccc2[nH]c(=O)[nH]c2c1. The standard InChI is InChI=1S/C17H27N3O/c1-3-5-6-7-8-14(18-11-4-2)13-9-10-15-16(12-13)20-17(21)19-15/h9-10,12,14,18H,3-8,11H2,1-2H3,(H2,19,20,21). The van der Waals surface area contributed by atoms with Gasteiger partial charge in [-0.05, 0) is 37.1 Å². The molecule has 116 valence electrons. The van der Waals surface area contributed by atoms with Crippen molar-refractivity contribution in [2.75, 3.05) is 6.54 Å². The number of rotatable bonds is 9. The van der Waals surface area contributed by atoms with E-state index in [0.717, 1.165) is 30.4 Å². The molecule has 21 heavy (non-hydrogen) atoms. The van der Waals surface area contributed by atoms with Crippen molar-refractivity contribution in [3.63, 3.8) is 0 Å². The van der Waals surface area contributed by atoms with Gasteiger partial charge in [0.1, 0.15) is 0 Å². The lowest BCUT2D eigenvalue weighted by atomic mass is 9.99. The van der Waals surface area contributed by atoms with Crippen LogP contribution in [-0.2, 0) is 0 Å². The lowest BCUT2D eigenvalue weighted by Crippen LogP contribution is -2.22. The Morgan fingerprint density at radius 3 is 2.62 bits per heavy atom. The molecule has 1 atom stereocenters. The Kier molecular flexibility index (Phi) is 6.05. The highest BCUT2D eigenvalue weighted by molar-refractivity contribution is 5.75. The normalized spacial score (nSPS) is 12.9. The summed E-state index contributed by atoms with van der Waals surface area (Å²) in [6.45, 7) is 5.46. The molecular weight excluding hydrogens is 262 g/mol. The number of hydrogen-bond donors (Lipinski definition) is 3. The molecule has 0 aliphatic carbocycles. The molecular formula is C17H27N3O. The highest BCUT2D eigenvalue weighted by atomic mass is 16.1. The molecule has 0 saturated heterocycles. The minimum absolute atomic E-state index is 0.136. The lowest BCUT2D eigenvalue weighted by molar-refractivity contribution is 0.471. The zero-order chi connectivity index (χ0) is 15.1. The number of fused-ring (bicyclic) bond motifs is 1. The average molecular weight is 289 g/mol. The van der Waals surface area contributed by atoms with Crippen molar-refractivity contribution in [2.24, 2.45) is 0 Å². The summed E-state index contributed by atoms with van der Waals surface area (Å²) in [6.07, 6.45) is 7.41. The number of imidazole rings is 1. The number of benzene rings is 1.